The molecule has 0 spiro atoms. The Labute approximate surface area is 199 Å². The molecule has 5 rings (SSSR count). The van der Waals surface area contributed by atoms with Gasteiger partial charge in [-0.15, -0.1) is 0 Å². The maximum Gasteiger partial charge on any atom is 0.301 e. The number of methoxy groups -OCH3 is 2. The van der Waals surface area contributed by atoms with Crippen molar-refractivity contribution in [3.8, 4) is 11.5 Å². The standard InChI is InChI=1S/C26H20N2O5S/c1-32-17-10-6-9-16(13-17)22-21(23(29)15-7-4-3-5-8-15)24(30)25(31)28(22)26-27-19-12-11-18(33-2)14-20(19)34-26/h3-14,22,29H,1-2H3/b23-21+/t22-/m1/s1. The van der Waals surface area contributed by atoms with Crippen molar-refractivity contribution in [2.75, 3.05) is 19.1 Å². The third kappa shape index (κ3) is 3.58. The van der Waals surface area contributed by atoms with Crippen LogP contribution >= 0.6 is 11.3 Å². The Morgan fingerprint density at radius 1 is 0.941 bits per heavy atom. The van der Waals surface area contributed by atoms with E-state index in [0.29, 0.717) is 33.3 Å². The molecule has 1 saturated heterocycles. The van der Waals surface area contributed by atoms with Crippen LogP contribution < -0.4 is 14.4 Å². The number of ether oxygens (including phenoxy) is 2. The number of nitrogens with zero attached hydrogens (tertiary/aromatic N) is 2. The zero-order valence-corrected chi connectivity index (χ0v) is 19.2. The quantitative estimate of drug-likeness (QED) is 0.251. The third-order valence-corrected chi connectivity index (χ3v) is 6.71. The lowest BCUT2D eigenvalue weighted by molar-refractivity contribution is -0.132. The molecular weight excluding hydrogens is 452 g/mol. The van der Waals surface area contributed by atoms with Crippen molar-refractivity contribution < 1.29 is 24.2 Å². The number of ketones is 1. The number of carbonyl (C=O) groups is 2. The highest BCUT2D eigenvalue weighted by atomic mass is 32.1. The Bertz CT molecular complexity index is 1440. The molecule has 0 radical (unpaired) electrons. The van der Waals surface area contributed by atoms with Crippen LogP contribution in [0.5, 0.6) is 11.5 Å². The maximum atomic E-state index is 13.3. The van der Waals surface area contributed by atoms with Gasteiger partial charge in [0.15, 0.2) is 5.13 Å². The number of aliphatic hydroxyl groups excluding tert-OH is 1. The smallest absolute Gasteiger partial charge is 0.301 e. The molecular formula is C26H20N2O5S. The highest BCUT2D eigenvalue weighted by Crippen LogP contribution is 2.45. The van der Waals surface area contributed by atoms with E-state index in [1.165, 1.54) is 16.2 Å². The monoisotopic (exact) mass is 472 g/mol. The SMILES string of the molecule is COc1cccc([C@@H]2/C(=C(\O)c3ccccc3)C(=O)C(=O)N2c2nc3ccc(OC)cc3s2)c1. The molecule has 1 atom stereocenters. The molecule has 34 heavy (non-hydrogen) atoms. The number of fused-ring (bicyclic) bond motifs is 1. The van der Waals surface area contributed by atoms with Crippen LogP contribution in [-0.2, 0) is 9.59 Å². The molecule has 4 aromatic rings. The lowest BCUT2D eigenvalue weighted by Crippen LogP contribution is -2.29. The number of Topliss-reactive ketones (excluding diaryl/α,β-unsaturated/α-hetero) is 1. The summed E-state index contributed by atoms with van der Waals surface area (Å²) in [4.78, 5) is 32.6. The second kappa shape index (κ2) is 8.64. The summed E-state index contributed by atoms with van der Waals surface area (Å²) < 4.78 is 11.5. The minimum atomic E-state index is -0.877. The van der Waals surface area contributed by atoms with Crippen LogP contribution in [0.4, 0.5) is 5.13 Å². The van der Waals surface area contributed by atoms with Gasteiger partial charge < -0.3 is 14.6 Å². The first-order valence-corrected chi connectivity index (χ1v) is 11.3. The largest absolute Gasteiger partial charge is 0.507 e. The molecule has 3 aromatic carbocycles. The summed E-state index contributed by atoms with van der Waals surface area (Å²) in [6, 6.07) is 20.3. The van der Waals surface area contributed by atoms with Crippen molar-refractivity contribution >= 4 is 44.1 Å². The number of carbonyl (C=O) groups excluding carboxylic acids is 2. The average Bonchev–Trinajstić information content (AvgIpc) is 3.41. The van der Waals surface area contributed by atoms with Crippen LogP contribution in [0.2, 0.25) is 0 Å². The van der Waals surface area contributed by atoms with Crippen LogP contribution in [0.3, 0.4) is 0 Å². The highest BCUT2D eigenvalue weighted by molar-refractivity contribution is 7.22. The third-order valence-electron chi connectivity index (χ3n) is 5.69. The normalized spacial score (nSPS) is 17.4. The van der Waals surface area contributed by atoms with Crippen molar-refractivity contribution in [1.82, 2.24) is 4.98 Å². The lowest BCUT2D eigenvalue weighted by atomic mass is 9.95. The number of thiazole rings is 1. The molecule has 0 aliphatic carbocycles. The van der Waals surface area contributed by atoms with Crippen molar-refractivity contribution in [2.45, 2.75) is 6.04 Å². The van der Waals surface area contributed by atoms with Gasteiger partial charge in [0.1, 0.15) is 17.3 Å². The van der Waals surface area contributed by atoms with Crippen LogP contribution in [0.25, 0.3) is 16.0 Å². The van der Waals surface area contributed by atoms with Crippen molar-refractivity contribution in [1.29, 1.82) is 0 Å². The average molecular weight is 473 g/mol. The topological polar surface area (TPSA) is 89.0 Å². The second-order valence-electron chi connectivity index (χ2n) is 7.64. The fraction of sp³-hybridized carbons (Fsp3) is 0.115. The number of rotatable bonds is 5. The van der Waals surface area contributed by atoms with E-state index in [9.17, 15) is 14.7 Å². The molecule has 1 aliphatic rings. The molecule has 1 aromatic heterocycles. The Morgan fingerprint density at radius 2 is 1.68 bits per heavy atom. The molecule has 170 valence electrons. The van der Waals surface area contributed by atoms with Gasteiger partial charge in [0, 0.05) is 5.56 Å². The summed E-state index contributed by atoms with van der Waals surface area (Å²) in [5, 5.41) is 11.5. The van der Waals surface area contributed by atoms with Gasteiger partial charge in [0.2, 0.25) is 0 Å². The molecule has 1 fully saturated rings. The van der Waals surface area contributed by atoms with Gasteiger partial charge in [-0.05, 0) is 35.9 Å². The maximum absolute atomic E-state index is 13.3. The molecule has 1 N–H and O–H groups in total. The molecule has 8 heteroatoms. The summed E-state index contributed by atoms with van der Waals surface area (Å²) >= 11 is 1.27. The summed E-state index contributed by atoms with van der Waals surface area (Å²) in [6.45, 7) is 0. The Kier molecular flexibility index (Phi) is 5.51. The number of benzene rings is 3. The summed E-state index contributed by atoms with van der Waals surface area (Å²) in [5.41, 5.74) is 1.74. The number of anilines is 1. The first-order chi connectivity index (χ1) is 16.5. The number of aromatic nitrogens is 1. The Hall–Kier alpha value is -4.17. The van der Waals surface area contributed by atoms with E-state index in [-0.39, 0.29) is 11.3 Å². The van der Waals surface area contributed by atoms with Crippen LogP contribution in [0.15, 0.2) is 78.4 Å². The Balaban J connectivity index is 1.73. The number of amides is 1. The van der Waals surface area contributed by atoms with Gasteiger partial charge in [-0.1, -0.05) is 53.8 Å². The zero-order chi connectivity index (χ0) is 23.8. The van der Waals surface area contributed by atoms with Gasteiger partial charge >= 0.3 is 5.91 Å². The van der Waals surface area contributed by atoms with Crippen molar-refractivity contribution in [3.05, 3.63) is 89.5 Å². The van der Waals surface area contributed by atoms with E-state index in [1.807, 2.05) is 12.1 Å². The van der Waals surface area contributed by atoms with Crippen molar-refractivity contribution in [2.24, 2.45) is 0 Å². The Morgan fingerprint density at radius 3 is 2.41 bits per heavy atom. The van der Waals surface area contributed by atoms with E-state index in [2.05, 4.69) is 4.98 Å². The zero-order valence-electron chi connectivity index (χ0n) is 18.4. The van der Waals surface area contributed by atoms with Crippen LogP contribution in [-0.4, -0.2) is 36.0 Å². The lowest BCUT2D eigenvalue weighted by Gasteiger charge is -2.23. The van der Waals surface area contributed by atoms with Crippen molar-refractivity contribution in [3.63, 3.8) is 0 Å². The van der Waals surface area contributed by atoms with E-state index < -0.39 is 17.7 Å². The van der Waals surface area contributed by atoms with Gasteiger partial charge in [0.05, 0.1) is 36.1 Å². The molecule has 0 bridgehead atoms. The summed E-state index contributed by atoms with van der Waals surface area (Å²) in [5.74, 6) is -0.533. The second-order valence-corrected chi connectivity index (χ2v) is 8.65. The van der Waals surface area contributed by atoms with Gasteiger partial charge in [-0.2, -0.15) is 0 Å². The number of aliphatic hydroxyl groups is 1. The number of hydrogen-bond acceptors (Lipinski definition) is 7. The van der Waals surface area contributed by atoms with Crippen LogP contribution in [0, 0.1) is 0 Å². The highest BCUT2D eigenvalue weighted by Gasteiger charge is 2.48. The van der Waals surface area contributed by atoms with E-state index in [4.69, 9.17) is 9.47 Å². The first-order valence-electron chi connectivity index (χ1n) is 10.5. The number of hydrogen-bond donors (Lipinski definition) is 1. The molecule has 7 nitrogen and oxygen atoms in total. The minimum Gasteiger partial charge on any atom is -0.507 e. The van der Waals surface area contributed by atoms with E-state index in [1.54, 1.807) is 74.9 Å². The van der Waals surface area contributed by atoms with Gasteiger partial charge in [-0.25, -0.2) is 4.98 Å². The molecule has 1 amide bonds. The molecule has 0 unspecified atom stereocenters. The van der Waals surface area contributed by atoms with E-state index in [0.717, 1.165) is 4.70 Å². The fourth-order valence-corrected chi connectivity index (χ4v) is 5.05. The van der Waals surface area contributed by atoms with Gasteiger partial charge in [-0.3, -0.25) is 14.5 Å². The predicted octanol–water partition coefficient (Wildman–Crippen LogP) is 4.94. The molecule has 1 aliphatic heterocycles. The van der Waals surface area contributed by atoms with Crippen LogP contribution in [0.1, 0.15) is 17.2 Å². The molecule has 0 saturated carbocycles. The van der Waals surface area contributed by atoms with Gasteiger partial charge in [0.25, 0.3) is 5.78 Å². The predicted molar refractivity (Wildman–Crippen MR) is 130 cm³/mol. The fourth-order valence-electron chi connectivity index (χ4n) is 4.03. The summed E-state index contributed by atoms with van der Waals surface area (Å²) in [7, 11) is 3.12. The minimum absolute atomic E-state index is 0.00119. The molecule has 2 heterocycles. The first kappa shape index (κ1) is 21.7. The van der Waals surface area contributed by atoms with E-state index >= 15 is 0 Å². The summed E-state index contributed by atoms with van der Waals surface area (Å²) in [6.07, 6.45) is 0.